The van der Waals surface area contributed by atoms with E-state index >= 15 is 0 Å². The van der Waals surface area contributed by atoms with Gasteiger partial charge in [-0.3, -0.25) is 14.4 Å². The summed E-state index contributed by atoms with van der Waals surface area (Å²) in [4.78, 5) is 17.3. The lowest BCUT2D eigenvalue weighted by Gasteiger charge is -2.22. The van der Waals surface area contributed by atoms with E-state index in [1.807, 2.05) is 41.0 Å². The molecule has 1 saturated heterocycles. The molecule has 1 aromatic carbocycles. The van der Waals surface area contributed by atoms with Crippen LogP contribution in [0.5, 0.6) is 0 Å². The van der Waals surface area contributed by atoms with Crippen LogP contribution >= 0.6 is 0 Å². The van der Waals surface area contributed by atoms with Gasteiger partial charge in [-0.05, 0) is 29.7 Å². The van der Waals surface area contributed by atoms with Crippen molar-refractivity contribution in [2.45, 2.75) is 26.2 Å². The maximum absolute atomic E-state index is 12.9. The number of amides is 1. The number of fused-ring (bicyclic) bond motifs is 1. The Morgan fingerprint density at radius 1 is 1.16 bits per heavy atom. The average molecular weight is 340 g/mol. The Labute approximate surface area is 148 Å². The third-order valence-corrected chi connectivity index (χ3v) is 5.01. The summed E-state index contributed by atoms with van der Waals surface area (Å²) < 4.78 is 7.28. The number of carbonyl (C=O) groups is 1. The number of nitrogens with zero attached hydrogens (tertiary/aromatic N) is 4. The second-order valence-electron chi connectivity index (χ2n) is 6.92. The summed E-state index contributed by atoms with van der Waals surface area (Å²) in [7, 11) is 1.94. The molecular weight excluding hydrogens is 316 g/mol. The minimum atomic E-state index is 0.137. The molecule has 132 valence electrons. The molecule has 6 heteroatoms. The molecule has 0 spiro atoms. The van der Waals surface area contributed by atoms with Gasteiger partial charge in [-0.25, -0.2) is 0 Å². The van der Waals surface area contributed by atoms with Crippen molar-refractivity contribution in [1.29, 1.82) is 0 Å². The van der Waals surface area contributed by atoms with E-state index in [1.54, 1.807) is 0 Å². The molecule has 1 fully saturated rings. The minimum absolute atomic E-state index is 0.137. The number of benzene rings is 1. The molecular formula is C19H24N4O2. The van der Waals surface area contributed by atoms with Gasteiger partial charge in [0.1, 0.15) is 0 Å². The normalized spacial score (nSPS) is 18.2. The van der Waals surface area contributed by atoms with Crippen molar-refractivity contribution < 1.29 is 9.53 Å². The number of rotatable bonds is 3. The molecule has 2 aromatic rings. The first-order chi connectivity index (χ1) is 12.2. The van der Waals surface area contributed by atoms with Crippen molar-refractivity contribution in [1.82, 2.24) is 19.6 Å². The smallest absolute Gasteiger partial charge is 0.253 e. The van der Waals surface area contributed by atoms with Crippen LogP contribution < -0.4 is 0 Å². The fourth-order valence-electron chi connectivity index (χ4n) is 3.63. The highest BCUT2D eigenvalue weighted by Gasteiger charge is 2.22. The van der Waals surface area contributed by atoms with Crippen LogP contribution in [-0.2, 0) is 31.5 Å². The van der Waals surface area contributed by atoms with Gasteiger partial charge in [0.2, 0.25) is 0 Å². The molecule has 1 amide bonds. The van der Waals surface area contributed by atoms with Gasteiger partial charge in [0, 0.05) is 57.1 Å². The Morgan fingerprint density at radius 2 is 2.04 bits per heavy atom. The van der Waals surface area contributed by atoms with Crippen molar-refractivity contribution in [2.24, 2.45) is 7.05 Å². The minimum Gasteiger partial charge on any atom is -0.372 e. The Kier molecular flexibility index (Phi) is 4.55. The molecule has 0 radical (unpaired) electrons. The van der Waals surface area contributed by atoms with E-state index in [2.05, 4.69) is 16.2 Å². The highest BCUT2D eigenvalue weighted by Crippen LogP contribution is 2.22. The highest BCUT2D eigenvalue weighted by atomic mass is 16.5. The first-order valence-electron chi connectivity index (χ1n) is 8.88. The third-order valence-electron chi connectivity index (χ3n) is 5.01. The molecule has 0 unspecified atom stereocenters. The summed E-state index contributed by atoms with van der Waals surface area (Å²) in [6, 6.07) is 5.97. The lowest BCUT2D eigenvalue weighted by molar-refractivity contribution is 0.0761. The summed E-state index contributed by atoms with van der Waals surface area (Å²) in [5.41, 5.74) is 4.36. The topological polar surface area (TPSA) is 50.6 Å². The van der Waals surface area contributed by atoms with Gasteiger partial charge in [0.25, 0.3) is 5.91 Å². The standard InChI is InChI=1S/C19H24N4O2/c1-21-11-15(10-20-21)12-22-5-2-6-23(8-7-22)19(24)16-3-4-17-13-25-14-18(17)9-16/h3-4,9-11H,2,5-8,12-14H2,1H3. The molecule has 0 aliphatic carbocycles. The quantitative estimate of drug-likeness (QED) is 0.855. The summed E-state index contributed by atoms with van der Waals surface area (Å²) >= 11 is 0. The van der Waals surface area contributed by atoms with Gasteiger partial charge in [0.05, 0.1) is 19.4 Å². The zero-order valence-electron chi connectivity index (χ0n) is 14.6. The largest absolute Gasteiger partial charge is 0.372 e. The van der Waals surface area contributed by atoms with Crippen LogP contribution in [0.4, 0.5) is 0 Å². The van der Waals surface area contributed by atoms with Gasteiger partial charge in [-0.2, -0.15) is 5.10 Å². The molecule has 2 aliphatic heterocycles. The summed E-state index contributed by atoms with van der Waals surface area (Å²) in [6.07, 6.45) is 4.97. The lowest BCUT2D eigenvalue weighted by Crippen LogP contribution is -2.35. The van der Waals surface area contributed by atoms with E-state index in [1.165, 1.54) is 11.1 Å². The zero-order valence-corrected chi connectivity index (χ0v) is 14.6. The molecule has 4 rings (SSSR count). The van der Waals surface area contributed by atoms with E-state index in [4.69, 9.17) is 4.74 Å². The van der Waals surface area contributed by atoms with Gasteiger partial charge >= 0.3 is 0 Å². The number of carbonyl (C=O) groups excluding carboxylic acids is 1. The number of ether oxygens (including phenoxy) is 1. The molecule has 6 nitrogen and oxygen atoms in total. The van der Waals surface area contributed by atoms with Crippen molar-refractivity contribution >= 4 is 5.91 Å². The number of hydrogen-bond donors (Lipinski definition) is 0. The maximum atomic E-state index is 12.9. The van der Waals surface area contributed by atoms with E-state index in [0.29, 0.717) is 13.2 Å². The maximum Gasteiger partial charge on any atom is 0.253 e. The highest BCUT2D eigenvalue weighted by molar-refractivity contribution is 5.94. The van der Waals surface area contributed by atoms with Crippen LogP contribution in [0.2, 0.25) is 0 Å². The second kappa shape index (κ2) is 6.98. The molecule has 2 aliphatic rings. The Hall–Kier alpha value is -2.18. The van der Waals surface area contributed by atoms with Gasteiger partial charge in [-0.15, -0.1) is 0 Å². The molecule has 3 heterocycles. The van der Waals surface area contributed by atoms with Crippen molar-refractivity contribution in [2.75, 3.05) is 26.2 Å². The Bertz CT molecular complexity index is 771. The summed E-state index contributed by atoms with van der Waals surface area (Å²) in [6.45, 7) is 5.67. The van der Waals surface area contributed by atoms with Crippen LogP contribution in [0.25, 0.3) is 0 Å². The van der Waals surface area contributed by atoms with Gasteiger partial charge < -0.3 is 9.64 Å². The summed E-state index contributed by atoms with van der Waals surface area (Å²) in [5.74, 6) is 0.137. The van der Waals surface area contributed by atoms with E-state index < -0.39 is 0 Å². The van der Waals surface area contributed by atoms with Crippen molar-refractivity contribution in [3.63, 3.8) is 0 Å². The molecule has 0 bridgehead atoms. The van der Waals surface area contributed by atoms with Gasteiger partial charge in [0.15, 0.2) is 0 Å². The SMILES string of the molecule is Cn1cc(CN2CCCN(C(=O)c3ccc4c(c3)COC4)CC2)cn1. The number of aryl methyl sites for hydroxylation is 1. The lowest BCUT2D eigenvalue weighted by atomic mass is 10.1. The summed E-state index contributed by atoms with van der Waals surface area (Å²) in [5, 5.41) is 4.23. The van der Waals surface area contributed by atoms with Crippen molar-refractivity contribution in [3.05, 3.63) is 52.8 Å². The van der Waals surface area contributed by atoms with Crippen LogP contribution in [0.1, 0.15) is 33.5 Å². The van der Waals surface area contributed by atoms with Crippen LogP contribution in [0.3, 0.4) is 0 Å². The monoisotopic (exact) mass is 340 g/mol. The van der Waals surface area contributed by atoms with Crippen LogP contribution in [0, 0.1) is 0 Å². The fourth-order valence-corrected chi connectivity index (χ4v) is 3.63. The first kappa shape index (κ1) is 16.3. The van der Waals surface area contributed by atoms with Gasteiger partial charge in [-0.1, -0.05) is 6.07 Å². The fraction of sp³-hybridized carbons (Fsp3) is 0.474. The third kappa shape index (κ3) is 3.60. The molecule has 0 saturated carbocycles. The van der Waals surface area contributed by atoms with E-state index in [9.17, 15) is 4.79 Å². The van der Waals surface area contributed by atoms with Crippen LogP contribution in [-0.4, -0.2) is 51.7 Å². The molecule has 0 atom stereocenters. The number of aromatic nitrogens is 2. The Morgan fingerprint density at radius 3 is 2.88 bits per heavy atom. The molecule has 0 N–H and O–H groups in total. The van der Waals surface area contributed by atoms with E-state index in [0.717, 1.165) is 50.3 Å². The van der Waals surface area contributed by atoms with E-state index in [-0.39, 0.29) is 5.91 Å². The molecule has 25 heavy (non-hydrogen) atoms. The second-order valence-corrected chi connectivity index (χ2v) is 6.92. The predicted octanol–water partition coefficient (Wildman–Crippen LogP) is 1.80. The van der Waals surface area contributed by atoms with Crippen molar-refractivity contribution in [3.8, 4) is 0 Å². The average Bonchev–Trinajstić information content (AvgIpc) is 3.17. The zero-order chi connectivity index (χ0) is 17.2. The first-order valence-corrected chi connectivity index (χ1v) is 8.88. The number of hydrogen-bond acceptors (Lipinski definition) is 4. The molecule has 1 aromatic heterocycles. The van der Waals surface area contributed by atoms with Crippen LogP contribution in [0.15, 0.2) is 30.6 Å². The Balaban J connectivity index is 1.39. The predicted molar refractivity (Wildman–Crippen MR) is 93.9 cm³/mol.